The molecule has 88 valence electrons. The van der Waals surface area contributed by atoms with Crippen molar-refractivity contribution in [2.24, 2.45) is 0 Å². The van der Waals surface area contributed by atoms with Crippen molar-refractivity contribution >= 4 is 11.6 Å². The fraction of sp³-hybridized carbons (Fsp3) is 0.154. The molecule has 3 nitrogen and oxygen atoms in total. The summed E-state index contributed by atoms with van der Waals surface area (Å²) in [5.41, 5.74) is 1.37. The highest BCUT2D eigenvalue weighted by atomic mass is 35.5. The van der Waals surface area contributed by atoms with Crippen LogP contribution in [0, 0.1) is 0 Å². The Bertz CT molecular complexity index is 502. The molecule has 0 saturated heterocycles. The quantitative estimate of drug-likeness (QED) is 0.910. The second-order valence-corrected chi connectivity index (χ2v) is 3.92. The van der Waals surface area contributed by atoms with Crippen LogP contribution < -0.4 is 4.74 Å². The van der Waals surface area contributed by atoms with Gasteiger partial charge in [0.1, 0.15) is 11.9 Å². The van der Waals surface area contributed by atoms with E-state index < -0.39 is 6.10 Å². The zero-order valence-electron chi connectivity index (χ0n) is 9.30. The first-order valence-corrected chi connectivity index (χ1v) is 5.52. The summed E-state index contributed by atoms with van der Waals surface area (Å²) in [4.78, 5) is 3.91. The highest BCUT2D eigenvalue weighted by Crippen LogP contribution is 2.34. The smallest absolute Gasteiger partial charge is 0.137 e. The Morgan fingerprint density at radius 2 is 1.94 bits per heavy atom. The number of rotatable bonds is 3. The molecule has 1 atom stereocenters. The Hall–Kier alpha value is -1.58. The molecule has 0 aliphatic carbocycles. The van der Waals surface area contributed by atoms with E-state index in [9.17, 15) is 5.11 Å². The molecule has 17 heavy (non-hydrogen) atoms. The summed E-state index contributed by atoms with van der Waals surface area (Å²) in [6.45, 7) is 0. The predicted octanol–water partition coefficient (Wildman–Crippen LogP) is 2.83. The number of pyridine rings is 1. The lowest BCUT2D eigenvalue weighted by atomic mass is 10.0. The van der Waals surface area contributed by atoms with Crippen LogP contribution in [0.3, 0.4) is 0 Å². The molecule has 0 amide bonds. The Balaban J connectivity index is 2.41. The van der Waals surface area contributed by atoms with Gasteiger partial charge in [-0.3, -0.25) is 4.98 Å². The van der Waals surface area contributed by atoms with Crippen LogP contribution >= 0.6 is 11.6 Å². The van der Waals surface area contributed by atoms with Crippen LogP contribution in [-0.2, 0) is 0 Å². The monoisotopic (exact) mass is 249 g/mol. The van der Waals surface area contributed by atoms with Gasteiger partial charge in [0.2, 0.25) is 0 Å². The number of benzene rings is 1. The first kappa shape index (κ1) is 11.9. The van der Waals surface area contributed by atoms with E-state index >= 15 is 0 Å². The van der Waals surface area contributed by atoms with Crippen LogP contribution in [0.25, 0.3) is 0 Å². The number of aromatic nitrogens is 1. The molecular weight excluding hydrogens is 238 g/mol. The van der Waals surface area contributed by atoms with E-state index in [1.165, 1.54) is 0 Å². The molecule has 4 heteroatoms. The van der Waals surface area contributed by atoms with Gasteiger partial charge >= 0.3 is 0 Å². The standard InChI is InChI=1S/C13H12ClNO2/c1-17-11-4-2-3-10(12(11)14)13(16)9-5-7-15-8-6-9/h2-8,13,16H,1H3. The van der Waals surface area contributed by atoms with Crippen LogP contribution in [0.1, 0.15) is 17.2 Å². The zero-order valence-corrected chi connectivity index (χ0v) is 10.1. The molecular formula is C13H12ClNO2. The minimum Gasteiger partial charge on any atom is -0.495 e. The summed E-state index contributed by atoms with van der Waals surface area (Å²) in [7, 11) is 1.55. The third-order valence-electron chi connectivity index (χ3n) is 2.53. The third kappa shape index (κ3) is 2.40. The highest BCUT2D eigenvalue weighted by Gasteiger charge is 2.16. The van der Waals surface area contributed by atoms with E-state index in [4.69, 9.17) is 16.3 Å². The van der Waals surface area contributed by atoms with Crippen molar-refractivity contribution in [3.8, 4) is 5.75 Å². The van der Waals surface area contributed by atoms with Gasteiger partial charge in [-0.1, -0.05) is 23.7 Å². The fourth-order valence-electron chi connectivity index (χ4n) is 1.62. The van der Waals surface area contributed by atoms with Crippen LogP contribution in [0.5, 0.6) is 5.75 Å². The highest BCUT2D eigenvalue weighted by molar-refractivity contribution is 6.32. The number of hydrogen-bond acceptors (Lipinski definition) is 3. The molecule has 0 radical (unpaired) electrons. The molecule has 1 N–H and O–H groups in total. The third-order valence-corrected chi connectivity index (χ3v) is 2.93. The lowest BCUT2D eigenvalue weighted by Gasteiger charge is -2.14. The molecule has 2 aromatic rings. The van der Waals surface area contributed by atoms with Crippen molar-refractivity contribution < 1.29 is 9.84 Å². The maximum atomic E-state index is 10.2. The summed E-state index contributed by atoms with van der Waals surface area (Å²) in [5, 5.41) is 10.7. The molecule has 0 bridgehead atoms. The van der Waals surface area contributed by atoms with Gasteiger partial charge in [-0.2, -0.15) is 0 Å². The summed E-state index contributed by atoms with van der Waals surface area (Å²) in [5.74, 6) is 0.553. The molecule has 0 fully saturated rings. The van der Waals surface area contributed by atoms with E-state index in [-0.39, 0.29) is 0 Å². The van der Waals surface area contributed by atoms with Crippen molar-refractivity contribution in [1.29, 1.82) is 0 Å². The van der Waals surface area contributed by atoms with E-state index in [1.54, 1.807) is 49.8 Å². The van der Waals surface area contributed by atoms with Gasteiger partial charge in [-0.25, -0.2) is 0 Å². The second-order valence-electron chi connectivity index (χ2n) is 3.55. The number of ether oxygens (including phenoxy) is 1. The second kappa shape index (κ2) is 5.17. The SMILES string of the molecule is COc1cccc(C(O)c2ccncc2)c1Cl. The van der Waals surface area contributed by atoms with Crippen LogP contribution in [-0.4, -0.2) is 17.2 Å². The van der Waals surface area contributed by atoms with Crippen LogP contribution in [0.2, 0.25) is 5.02 Å². The Kier molecular flexibility index (Phi) is 3.61. The van der Waals surface area contributed by atoms with Crippen molar-refractivity contribution in [3.05, 3.63) is 58.9 Å². The Morgan fingerprint density at radius 1 is 1.24 bits per heavy atom. The predicted molar refractivity (Wildman–Crippen MR) is 66.3 cm³/mol. The van der Waals surface area contributed by atoms with Gasteiger partial charge in [0.25, 0.3) is 0 Å². The largest absolute Gasteiger partial charge is 0.495 e. The Morgan fingerprint density at radius 3 is 2.59 bits per heavy atom. The van der Waals surface area contributed by atoms with E-state index in [0.29, 0.717) is 16.3 Å². The maximum Gasteiger partial charge on any atom is 0.137 e. The van der Waals surface area contributed by atoms with Gasteiger partial charge in [0.15, 0.2) is 0 Å². The maximum absolute atomic E-state index is 10.2. The van der Waals surface area contributed by atoms with Gasteiger partial charge < -0.3 is 9.84 Å². The molecule has 0 aliphatic rings. The van der Waals surface area contributed by atoms with Crippen molar-refractivity contribution in [2.45, 2.75) is 6.10 Å². The molecule has 0 spiro atoms. The average Bonchev–Trinajstić information content (AvgIpc) is 2.39. The fourth-order valence-corrected chi connectivity index (χ4v) is 1.93. The van der Waals surface area contributed by atoms with Crippen LogP contribution in [0.4, 0.5) is 0 Å². The topological polar surface area (TPSA) is 42.4 Å². The van der Waals surface area contributed by atoms with Gasteiger partial charge in [-0.15, -0.1) is 0 Å². The number of aliphatic hydroxyl groups is 1. The lowest BCUT2D eigenvalue weighted by Crippen LogP contribution is -2.01. The first-order valence-electron chi connectivity index (χ1n) is 5.14. The number of halogens is 1. The number of nitrogens with zero attached hydrogens (tertiary/aromatic N) is 1. The first-order chi connectivity index (χ1) is 8.24. The van der Waals surface area contributed by atoms with Crippen molar-refractivity contribution in [3.63, 3.8) is 0 Å². The molecule has 1 heterocycles. The summed E-state index contributed by atoms with van der Waals surface area (Å²) < 4.78 is 5.12. The van der Waals surface area contributed by atoms with Crippen molar-refractivity contribution in [1.82, 2.24) is 4.98 Å². The molecule has 1 aromatic heterocycles. The minimum atomic E-state index is -0.777. The van der Waals surface area contributed by atoms with Gasteiger partial charge in [0, 0.05) is 18.0 Å². The molecule has 1 unspecified atom stereocenters. The zero-order chi connectivity index (χ0) is 12.3. The van der Waals surface area contributed by atoms with Crippen LogP contribution in [0.15, 0.2) is 42.7 Å². The lowest BCUT2D eigenvalue weighted by molar-refractivity contribution is 0.220. The Labute approximate surface area is 105 Å². The van der Waals surface area contributed by atoms with E-state index in [1.807, 2.05) is 0 Å². The van der Waals surface area contributed by atoms with Gasteiger partial charge in [0.05, 0.1) is 12.1 Å². The number of hydrogen-bond donors (Lipinski definition) is 1. The normalized spacial score (nSPS) is 12.2. The number of aliphatic hydroxyl groups excluding tert-OH is 1. The molecule has 2 rings (SSSR count). The van der Waals surface area contributed by atoms with E-state index in [2.05, 4.69) is 4.98 Å². The van der Waals surface area contributed by atoms with Crippen molar-refractivity contribution in [2.75, 3.05) is 7.11 Å². The summed E-state index contributed by atoms with van der Waals surface area (Å²) >= 11 is 6.15. The van der Waals surface area contributed by atoms with E-state index in [0.717, 1.165) is 5.56 Å². The summed E-state index contributed by atoms with van der Waals surface area (Å²) in [6, 6.07) is 8.83. The molecule has 0 aliphatic heterocycles. The molecule has 0 saturated carbocycles. The average molecular weight is 250 g/mol. The number of methoxy groups -OCH3 is 1. The minimum absolute atomic E-state index is 0.430. The molecule has 1 aromatic carbocycles. The summed E-state index contributed by atoms with van der Waals surface area (Å²) in [6.07, 6.45) is 2.49. The van der Waals surface area contributed by atoms with Gasteiger partial charge in [-0.05, 0) is 23.8 Å².